The molecule has 2 atom stereocenters. The number of hydrogen-bond donors (Lipinski definition) is 1. The van der Waals surface area contributed by atoms with E-state index in [1.807, 2.05) is 23.1 Å². The number of nitrogens with one attached hydrogen (secondary N) is 1. The van der Waals surface area contributed by atoms with Crippen LogP contribution in [0.4, 0.5) is 5.69 Å². The smallest absolute Gasteiger partial charge is 0.271 e. The van der Waals surface area contributed by atoms with Crippen LogP contribution in [0.15, 0.2) is 82.4 Å². The van der Waals surface area contributed by atoms with Crippen LogP contribution in [-0.2, 0) is 26.9 Å². The molecule has 0 spiro atoms. The van der Waals surface area contributed by atoms with E-state index in [1.165, 1.54) is 25.5 Å². The Hall–Kier alpha value is -3.90. The molecule has 12 heteroatoms. The normalized spacial score (nSPS) is 20.0. The molecule has 1 amide bonds. The summed E-state index contributed by atoms with van der Waals surface area (Å²) in [5.74, 6) is 1.15. The molecule has 3 aromatic carbocycles. The molecule has 46 heavy (non-hydrogen) atoms. The summed E-state index contributed by atoms with van der Waals surface area (Å²) in [4.78, 5) is 21.9. The van der Waals surface area contributed by atoms with E-state index in [4.69, 9.17) is 25.5 Å². The number of rotatable bonds is 11. The average molecular weight is 665 g/mol. The van der Waals surface area contributed by atoms with Gasteiger partial charge in [-0.05, 0) is 85.5 Å². The van der Waals surface area contributed by atoms with Gasteiger partial charge in [-0.2, -0.15) is 0 Å². The third kappa shape index (κ3) is 5.34. The van der Waals surface area contributed by atoms with Crippen LogP contribution in [0.5, 0.6) is 11.5 Å². The molecule has 1 aromatic heterocycles. The molecule has 4 aromatic rings. The molecular weight excluding hydrogens is 628 g/mol. The standard InChI is InChI=1S/C34H37ClN4O6S/c1-22(2)20-36-21-23-7-14-31(44-4)28(18-23)34(38-16-5-6-30(38)32-37-15-17-45-32)27-19-24(35)8-13-29(27)39(33(34)40)46(41,42)26-11-9-25(43-3)10-12-26/h7-15,17-19,22,30,36H,5-6,16,20-21H2,1-4H3. The van der Waals surface area contributed by atoms with Crippen molar-refractivity contribution < 1.29 is 27.1 Å². The van der Waals surface area contributed by atoms with E-state index < -0.39 is 27.5 Å². The van der Waals surface area contributed by atoms with Gasteiger partial charge in [0.25, 0.3) is 15.9 Å². The summed E-state index contributed by atoms with van der Waals surface area (Å²) in [5, 5.41) is 3.83. The number of fused-ring (bicyclic) bond motifs is 1. The number of hydrogen-bond acceptors (Lipinski definition) is 9. The number of likely N-dealkylation sites (tertiary alicyclic amines) is 1. The molecule has 2 aliphatic rings. The second-order valence-electron chi connectivity index (χ2n) is 11.9. The fraction of sp³-hybridized carbons (Fsp3) is 0.353. The molecule has 1 fully saturated rings. The molecule has 0 aliphatic carbocycles. The molecule has 10 nitrogen and oxygen atoms in total. The molecule has 1 saturated heterocycles. The molecule has 6 rings (SSSR count). The number of benzene rings is 3. The molecule has 2 unspecified atom stereocenters. The first-order valence-corrected chi connectivity index (χ1v) is 17.0. The molecule has 0 saturated carbocycles. The predicted octanol–water partition coefficient (Wildman–Crippen LogP) is 5.91. The average Bonchev–Trinajstić information content (AvgIpc) is 3.80. The van der Waals surface area contributed by atoms with Crippen molar-refractivity contribution in [3.8, 4) is 11.5 Å². The maximum atomic E-state index is 15.4. The number of ether oxygens (including phenoxy) is 2. The highest BCUT2D eigenvalue weighted by Gasteiger charge is 2.62. The van der Waals surface area contributed by atoms with Crippen LogP contribution in [0.3, 0.4) is 0 Å². The van der Waals surface area contributed by atoms with Gasteiger partial charge in [0.15, 0.2) is 5.54 Å². The number of anilines is 1. The quantitative estimate of drug-likeness (QED) is 0.209. The second-order valence-corrected chi connectivity index (χ2v) is 14.1. The monoisotopic (exact) mass is 664 g/mol. The Morgan fingerprint density at radius 1 is 1.07 bits per heavy atom. The van der Waals surface area contributed by atoms with E-state index in [2.05, 4.69) is 24.1 Å². The highest BCUT2D eigenvalue weighted by molar-refractivity contribution is 7.93. The Kier molecular flexibility index (Phi) is 8.86. The first-order valence-electron chi connectivity index (χ1n) is 15.2. The lowest BCUT2D eigenvalue weighted by Crippen LogP contribution is -2.54. The number of aromatic nitrogens is 1. The van der Waals surface area contributed by atoms with Crippen LogP contribution in [0.25, 0.3) is 0 Å². The fourth-order valence-corrected chi connectivity index (χ4v) is 8.24. The van der Waals surface area contributed by atoms with E-state index >= 15 is 4.79 Å². The summed E-state index contributed by atoms with van der Waals surface area (Å²) in [6, 6.07) is 16.1. The number of sulfonamides is 1. The van der Waals surface area contributed by atoms with Gasteiger partial charge in [-0.3, -0.25) is 9.69 Å². The van der Waals surface area contributed by atoms with Crippen LogP contribution in [0.1, 0.15) is 55.3 Å². The maximum Gasteiger partial charge on any atom is 0.271 e. The summed E-state index contributed by atoms with van der Waals surface area (Å²) < 4.78 is 46.9. The summed E-state index contributed by atoms with van der Waals surface area (Å²) in [6.45, 7) is 6.07. The Balaban J connectivity index is 1.62. The minimum Gasteiger partial charge on any atom is -0.497 e. The van der Waals surface area contributed by atoms with E-state index in [-0.39, 0.29) is 10.6 Å². The molecule has 2 aliphatic heterocycles. The van der Waals surface area contributed by atoms with Crippen LogP contribution in [-0.4, -0.2) is 51.5 Å². The number of halogens is 1. The molecule has 1 N–H and O–H groups in total. The zero-order valence-electron chi connectivity index (χ0n) is 26.2. The van der Waals surface area contributed by atoms with Crippen molar-refractivity contribution in [2.45, 2.75) is 49.7 Å². The molecule has 3 heterocycles. The lowest BCUT2D eigenvalue weighted by atomic mass is 9.80. The van der Waals surface area contributed by atoms with Crippen LogP contribution >= 0.6 is 11.6 Å². The minimum atomic E-state index is -4.41. The Morgan fingerprint density at radius 3 is 2.52 bits per heavy atom. The molecule has 242 valence electrons. The van der Waals surface area contributed by atoms with Gasteiger partial charge in [0.2, 0.25) is 5.89 Å². The van der Waals surface area contributed by atoms with Crippen LogP contribution in [0, 0.1) is 5.92 Å². The molecular formula is C34H37ClN4O6S. The van der Waals surface area contributed by atoms with E-state index in [0.717, 1.165) is 22.8 Å². The number of amides is 1. The van der Waals surface area contributed by atoms with Gasteiger partial charge in [0, 0.05) is 29.2 Å². The summed E-state index contributed by atoms with van der Waals surface area (Å²) in [5.41, 5.74) is 0.419. The zero-order chi connectivity index (χ0) is 32.6. The van der Waals surface area contributed by atoms with Gasteiger partial charge in [0.05, 0.1) is 37.0 Å². The van der Waals surface area contributed by atoms with Crippen molar-refractivity contribution >= 4 is 33.2 Å². The van der Waals surface area contributed by atoms with Crippen molar-refractivity contribution in [2.75, 3.05) is 31.6 Å². The highest BCUT2D eigenvalue weighted by Crippen LogP contribution is 2.56. The lowest BCUT2D eigenvalue weighted by molar-refractivity contribution is -0.127. The molecule has 0 radical (unpaired) electrons. The fourth-order valence-electron chi connectivity index (χ4n) is 6.61. The zero-order valence-corrected chi connectivity index (χ0v) is 27.8. The maximum absolute atomic E-state index is 15.4. The van der Waals surface area contributed by atoms with Gasteiger partial charge in [-0.1, -0.05) is 31.5 Å². The number of carbonyl (C=O) groups is 1. The van der Waals surface area contributed by atoms with Crippen molar-refractivity contribution in [1.29, 1.82) is 0 Å². The predicted molar refractivity (Wildman–Crippen MR) is 175 cm³/mol. The third-order valence-electron chi connectivity index (χ3n) is 8.61. The number of carbonyl (C=O) groups excluding carboxylic acids is 1. The van der Waals surface area contributed by atoms with Gasteiger partial charge in [0.1, 0.15) is 17.8 Å². The van der Waals surface area contributed by atoms with Gasteiger partial charge < -0.3 is 19.2 Å². The van der Waals surface area contributed by atoms with Crippen LogP contribution in [0.2, 0.25) is 5.02 Å². The van der Waals surface area contributed by atoms with Gasteiger partial charge >= 0.3 is 0 Å². The van der Waals surface area contributed by atoms with E-state index in [1.54, 1.807) is 43.6 Å². The van der Waals surface area contributed by atoms with Crippen molar-refractivity contribution in [1.82, 2.24) is 15.2 Å². The minimum absolute atomic E-state index is 0.0531. The Bertz CT molecular complexity index is 1830. The van der Waals surface area contributed by atoms with Gasteiger partial charge in [-0.15, -0.1) is 0 Å². The van der Waals surface area contributed by atoms with E-state index in [9.17, 15) is 8.42 Å². The summed E-state index contributed by atoms with van der Waals surface area (Å²) in [6.07, 6.45) is 4.44. The first-order chi connectivity index (χ1) is 22.1. The van der Waals surface area contributed by atoms with Crippen LogP contribution < -0.4 is 19.1 Å². The van der Waals surface area contributed by atoms with Crippen molar-refractivity contribution in [2.24, 2.45) is 5.92 Å². The van der Waals surface area contributed by atoms with Gasteiger partial charge in [-0.25, -0.2) is 17.7 Å². The topological polar surface area (TPSA) is 114 Å². The molecule has 0 bridgehead atoms. The Labute approximate surface area is 274 Å². The SMILES string of the molecule is COc1ccc(S(=O)(=O)N2C(=O)C(c3cc(CNCC(C)C)ccc3OC)(N3CCCC3c3ncco3)c3cc(Cl)ccc32)cc1. The number of methoxy groups -OCH3 is 2. The third-order valence-corrected chi connectivity index (χ3v) is 10.6. The summed E-state index contributed by atoms with van der Waals surface area (Å²) >= 11 is 6.66. The second kappa shape index (κ2) is 12.7. The largest absolute Gasteiger partial charge is 0.497 e. The van der Waals surface area contributed by atoms with Crippen molar-refractivity contribution in [3.05, 3.63) is 101 Å². The van der Waals surface area contributed by atoms with Crippen molar-refractivity contribution in [3.63, 3.8) is 0 Å². The number of oxazole rings is 1. The summed E-state index contributed by atoms with van der Waals surface area (Å²) in [7, 11) is -1.36. The lowest BCUT2D eigenvalue weighted by Gasteiger charge is -2.41. The van der Waals surface area contributed by atoms with E-state index in [0.29, 0.717) is 59.0 Å². The number of nitrogens with zero attached hydrogens (tertiary/aromatic N) is 3. The first kappa shape index (κ1) is 32.1. The Morgan fingerprint density at radius 2 is 1.85 bits per heavy atom. The highest BCUT2D eigenvalue weighted by atomic mass is 35.5.